The van der Waals surface area contributed by atoms with Crippen molar-refractivity contribution in [2.24, 2.45) is 5.10 Å². The van der Waals surface area contributed by atoms with E-state index >= 15 is 0 Å². The summed E-state index contributed by atoms with van der Waals surface area (Å²) in [5.74, 6) is -0.0408. The van der Waals surface area contributed by atoms with Gasteiger partial charge in [-0.3, -0.25) is 9.59 Å². The third kappa shape index (κ3) is 6.59. The monoisotopic (exact) mass is 533 g/mol. The number of amides is 2. The van der Waals surface area contributed by atoms with Gasteiger partial charge in [0.05, 0.1) is 11.8 Å². The molecule has 1 heterocycles. The predicted octanol–water partition coefficient (Wildman–Crippen LogP) is 4.56. The fourth-order valence-corrected chi connectivity index (χ4v) is 3.70. The van der Waals surface area contributed by atoms with Crippen LogP contribution in [0.1, 0.15) is 31.8 Å². The zero-order valence-corrected chi connectivity index (χ0v) is 21.1. The summed E-state index contributed by atoms with van der Waals surface area (Å²) in [6, 6.07) is 29.0. The molecular weight excluding hydrogens is 510 g/mol. The quantitative estimate of drug-likeness (QED) is 0.113. The Morgan fingerprint density at radius 3 is 2.12 bits per heavy atom. The Balaban J connectivity index is 1.26. The maximum Gasteiger partial charge on any atom is 0.343 e. The van der Waals surface area contributed by atoms with Gasteiger partial charge in [0.1, 0.15) is 11.4 Å². The van der Waals surface area contributed by atoms with E-state index in [0.29, 0.717) is 39.5 Å². The van der Waals surface area contributed by atoms with Crippen LogP contribution in [0.15, 0.2) is 114 Å². The van der Waals surface area contributed by atoms with Gasteiger partial charge in [0, 0.05) is 5.56 Å². The number of benzene rings is 4. The zero-order valence-electron chi connectivity index (χ0n) is 21.1. The molecule has 2 N–H and O–H groups in total. The molecule has 0 saturated carbocycles. The van der Waals surface area contributed by atoms with Crippen LogP contribution in [-0.2, 0) is 4.79 Å². The van der Waals surface area contributed by atoms with Gasteiger partial charge in [-0.1, -0.05) is 42.5 Å². The smallest absolute Gasteiger partial charge is 0.343 e. The highest BCUT2D eigenvalue weighted by Crippen LogP contribution is 2.33. The minimum Gasteiger partial charge on any atom is -0.454 e. The number of esters is 1. The second kappa shape index (κ2) is 12.2. The number of nitrogens with one attached hydrogen (secondary N) is 2. The summed E-state index contributed by atoms with van der Waals surface area (Å²) in [7, 11) is 0. The van der Waals surface area contributed by atoms with Gasteiger partial charge in [-0.25, -0.2) is 10.2 Å². The Bertz CT molecular complexity index is 1580. The number of hydrogen-bond acceptors (Lipinski definition) is 7. The highest BCUT2D eigenvalue weighted by molar-refractivity contribution is 6.05. The Hall–Kier alpha value is -5.70. The highest BCUT2D eigenvalue weighted by atomic mass is 16.7. The molecular formula is C31H23N3O6. The van der Waals surface area contributed by atoms with Gasteiger partial charge in [-0.05, 0) is 77.9 Å². The second-order valence-corrected chi connectivity index (χ2v) is 8.51. The van der Waals surface area contributed by atoms with Gasteiger partial charge in [0.15, 0.2) is 11.5 Å². The zero-order chi connectivity index (χ0) is 27.7. The molecule has 1 aliphatic rings. The van der Waals surface area contributed by atoms with Gasteiger partial charge in [-0.2, -0.15) is 5.10 Å². The van der Waals surface area contributed by atoms with Crippen molar-refractivity contribution in [3.8, 4) is 17.2 Å². The normalized spacial score (nSPS) is 12.2. The van der Waals surface area contributed by atoms with Gasteiger partial charge < -0.3 is 19.5 Å². The van der Waals surface area contributed by atoms with E-state index in [1.807, 2.05) is 6.07 Å². The average Bonchev–Trinajstić information content (AvgIpc) is 3.46. The number of hydrazone groups is 1. The minimum absolute atomic E-state index is 0.0203. The molecule has 1 aliphatic heterocycles. The maximum atomic E-state index is 13.0. The molecule has 0 bridgehead atoms. The Morgan fingerprint density at radius 2 is 1.40 bits per heavy atom. The summed E-state index contributed by atoms with van der Waals surface area (Å²) in [5, 5.41) is 6.66. The van der Waals surface area contributed by atoms with E-state index in [9.17, 15) is 14.4 Å². The van der Waals surface area contributed by atoms with Gasteiger partial charge in [-0.15, -0.1) is 0 Å². The van der Waals surface area contributed by atoms with Crippen molar-refractivity contribution in [2.75, 3.05) is 6.79 Å². The molecule has 198 valence electrons. The van der Waals surface area contributed by atoms with Gasteiger partial charge >= 0.3 is 5.97 Å². The fraction of sp³-hybridized carbons (Fsp3) is 0.0323. The minimum atomic E-state index is -0.633. The van der Waals surface area contributed by atoms with Crippen LogP contribution in [0.5, 0.6) is 17.2 Å². The molecule has 0 aromatic heterocycles. The first-order valence-corrected chi connectivity index (χ1v) is 12.2. The first-order valence-electron chi connectivity index (χ1n) is 12.2. The van der Waals surface area contributed by atoms with Crippen LogP contribution in [0.4, 0.5) is 0 Å². The van der Waals surface area contributed by atoms with Crippen molar-refractivity contribution < 1.29 is 28.6 Å². The molecule has 0 spiro atoms. The second-order valence-electron chi connectivity index (χ2n) is 8.51. The van der Waals surface area contributed by atoms with E-state index in [2.05, 4.69) is 15.8 Å². The first kappa shape index (κ1) is 25.9. The highest BCUT2D eigenvalue weighted by Gasteiger charge is 2.17. The number of rotatable bonds is 8. The molecule has 0 atom stereocenters. The van der Waals surface area contributed by atoms with Crippen molar-refractivity contribution in [1.82, 2.24) is 10.7 Å². The summed E-state index contributed by atoms with van der Waals surface area (Å²) in [6.07, 6.45) is 2.95. The lowest BCUT2D eigenvalue weighted by Crippen LogP contribution is -2.32. The fourth-order valence-electron chi connectivity index (χ4n) is 3.70. The van der Waals surface area contributed by atoms with Crippen molar-refractivity contribution >= 4 is 30.1 Å². The molecule has 0 aliphatic carbocycles. The lowest BCUT2D eigenvalue weighted by atomic mass is 10.1. The molecule has 2 amide bonds. The van der Waals surface area contributed by atoms with E-state index in [4.69, 9.17) is 14.2 Å². The van der Waals surface area contributed by atoms with Gasteiger partial charge in [0.25, 0.3) is 11.8 Å². The summed E-state index contributed by atoms with van der Waals surface area (Å²) in [4.78, 5) is 38.0. The van der Waals surface area contributed by atoms with Crippen LogP contribution in [0.3, 0.4) is 0 Å². The van der Waals surface area contributed by atoms with Crippen molar-refractivity contribution in [3.63, 3.8) is 0 Å². The maximum absolute atomic E-state index is 13.0. The number of fused-ring (bicyclic) bond motifs is 1. The summed E-state index contributed by atoms with van der Waals surface area (Å²) in [6.45, 7) is 0.117. The Morgan fingerprint density at radius 1 is 0.750 bits per heavy atom. The largest absolute Gasteiger partial charge is 0.454 e. The average molecular weight is 534 g/mol. The molecule has 0 radical (unpaired) electrons. The summed E-state index contributed by atoms with van der Waals surface area (Å²) < 4.78 is 16.1. The molecule has 0 saturated heterocycles. The molecule has 9 nitrogen and oxygen atoms in total. The molecule has 0 fully saturated rings. The van der Waals surface area contributed by atoms with Crippen LogP contribution in [0.2, 0.25) is 0 Å². The third-order valence-corrected chi connectivity index (χ3v) is 5.72. The topological polar surface area (TPSA) is 115 Å². The molecule has 0 unspecified atom stereocenters. The van der Waals surface area contributed by atoms with E-state index < -0.39 is 17.8 Å². The first-order chi connectivity index (χ1) is 19.5. The number of ether oxygens (including phenoxy) is 3. The Labute approximate surface area is 229 Å². The van der Waals surface area contributed by atoms with E-state index in [-0.39, 0.29) is 12.5 Å². The molecule has 5 rings (SSSR count). The lowest BCUT2D eigenvalue weighted by molar-refractivity contribution is -0.117. The summed E-state index contributed by atoms with van der Waals surface area (Å²) in [5.41, 5.74) is 4.52. The number of carbonyl (C=O) groups is 3. The van der Waals surface area contributed by atoms with Crippen LogP contribution in [0.25, 0.3) is 6.08 Å². The number of hydrogen-bond donors (Lipinski definition) is 2. The summed E-state index contributed by atoms with van der Waals surface area (Å²) >= 11 is 0. The van der Waals surface area contributed by atoms with E-state index in [1.165, 1.54) is 12.3 Å². The van der Waals surface area contributed by atoms with E-state index in [0.717, 1.165) is 0 Å². The van der Waals surface area contributed by atoms with Crippen LogP contribution in [0, 0.1) is 0 Å². The standard InChI is InChI=1S/C31H23N3O6/c35-29(23-7-3-1-4-8-23)33-26(17-22-13-16-27-28(18-22)39-20-38-27)30(36)34-32-19-21-11-14-25(15-12-21)40-31(37)24-9-5-2-6-10-24/h1-19H,20H2,(H,33,35)(H,34,36)/b26-17+,32-19-. The Kier molecular flexibility index (Phi) is 7.93. The van der Waals surface area contributed by atoms with Crippen LogP contribution < -0.4 is 25.0 Å². The van der Waals surface area contributed by atoms with Crippen molar-refractivity contribution in [1.29, 1.82) is 0 Å². The van der Waals surface area contributed by atoms with Crippen LogP contribution in [-0.4, -0.2) is 30.8 Å². The molecule has 4 aromatic carbocycles. The van der Waals surface area contributed by atoms with Crippen molar-refractivity contribution in [2.45, 2.75) is 0 Å². The SMILES string of the molecule is O=C(N/N=C\c1ccc(OC(=O)c2ccccc2)cc1)/C(=C\c1ccc2c(c1)OCO2)NC(=O)c1ccccc1. The number of carbonyl (C=O) groups excluding carboxylic acids is 3. The molecule has 9 heteroatoms. The van der Waals surface area contributed by atoms with E-state index in [1.54, 1.807) is 97.1 Å². The number of nitrogens with zero attached hydrogens (tertiary/aromatic N) is 1. The van der Waals surface area contributed by atoms with Gasteiger partial charge in [0.2, 0.25) is 6.79 Å². The van der Waals surface area contributed by atoms with Crippen LogP contribution >= 0.6 is 0 Å². The lowest BCUT2D eigenvalue weighted by Gasteiger charge is -2.09. The predicted molar refractivity (Wildman–Crippen MR) is 148 cm³/mol. The molecule has 4 aromatic rings. The third-order valence-electron chi connectivity index (χ3n) is 5.72. The molecule has 40 heavy (non-hydrogen) atoms. The van der Waals surface area contributed by atoms with Crippen molar-refractivity contribution in [3.05, 3.63) is 131 Å².